The van der Waals surface area contributed by atoms with Gasteiger partial charge in [-0.25, -0.2) is 0 Å². The van der Waals surface area contributed by atoms with Crippen molar-refractivity contribution in [2.45, 2.75) is 13.8 Å². The van der Waals surface area contributed by atoms with Gasteiger partial charge in [-0.2, -0.15) is 0 Å². The van der Waals surface area contributed by atoms with Gasteiger partial charge in [-0.15, -0.1) is 5.73 Å². The standard InChI is InChI=1S/C22H27N5/c1-5-21(27(6-2)7-3)17-10-8-12-19(14-17)25-16(4)26-20-13-9-11-18(15-20)22(23)24/h8-15,25-26H,1,4,6-7H2,2-3H3,(H3,23,24). The molecule has 0 heterocycles. The van der Waals surface area contributed by atoms with E-state index in [1.165, 1.54) is 0 Å². The molecule has 2 aromatic carbocycles. The van der Waals surface area contributed by atoms with E-state index in [2.05, 4.69) is 48.3 Å². The highest BCUT2D eigenvalue weighted by Gasteiger charge is 2.09. The summed E-state index contributed by atoms with van der Waals surface area (Å²) < 4.78 is 0. The van der Waals surface area contributed by atoms with Crippen LogP contribution in [0.2, 0.25) is 0 Å². The highest BCUT2D eigenvalue weighted by molar-refractivity contribution is 5.95. The predicted octanol–water partition coefficient (Wildman–Crippen LogP) is 4.43. The van der Waals surface area contributed by atoms with Crippen LogP contribution in [0.4, 0.5) is 11.4 Å². The maximum Gasteiger partial charge on any atom is 0.122 e. The summed E-state index contributed by atoms with van der Waals surface area (Å²) in [4.78, 5) is 2.21. The van der Waals surface area contributed by atoms with Gasteiger partial charge in [-0.3, -0.25) is 5.41 Å². The smallest absolute Gasteiger partial charge is 0.122 e. The minimum absolute atomic E-state index is 0.0325. The number of nitrogens with zero attached hydrogens (tertiary/aromatic N) is 1. The lowest BCUT2D eigenvalue weighted by Gasteiger charge is -2.23. The molecule has 5 N–H and O–H groups in total. The zero-order valence-electron chi connectivity index (χ0n) is 16.0. The second-order valence-electron chi connectivity index (χ2n) is 6.00. The van der Waals surface area contributed by atoms with Crippen molar-refractivity contribution in [3.8, 4) is 0 Å². The van der Waals surface area contributed by atoms with Crippen LogP contribution in [-0.2, 0) is 0 Å². The molecule has 0 spiro atoms. The van der Waals surface area contributed by atoms with Gasteiger partial charge in [-0.05, 0) is 38.1 Å². The monoisotopic (exact) mass is 361 g/mol. The van der Waals surface area contributed by atoms with Crippen LogP contribution in [0.5, 0.6) is 0 Å². The van der Waals surface area contributed by atoms with Crippen molar-refractivity contribution >= 4 is 22.9 Å². The molecule has 0 amide bonds. The molecule has 0 saturated carbocycles. The summed E-state index contributed by atoms with van der Waals surface area (Å²) in [6.45, 7) is 13.9. The number of nitrogens with one attached hydrogen (secondary N) is 3. The van der Waals surface area contributed by atoms with Crippen molar-refractivity contribution in [3.63, 3.8) is 0 Å². The third kappa shape index (κ3) is 5.27. The summed E-state index contributed by atoms with van der Waals surface area (Å²) in [5.74, 6) is 0.657. The van der Waals surface area contributed by atoms with Crippen LogP contribution < -0.4 is 16.4 Å². The molecule has 5 nitrogen and oxygen atoms in total. The van der Waals surface area contributed by atoms with Gasteiger partial charge in [0, 0.05) is 35.6 Å². The van der Waals surface area contributed by atoms with E-state index in [4.69, 9.17) is 11.1 Å². The van der Waals surface area contributed by atoms with Crippen LogP contribution in [0.15, 0.2) is 73.2 Å². The van der Waals surface area contributed by atoms with Gasteiger partial charge >= 0.3 is 0 Å². The van der Waals surface area contributed by atoms with Gasteiger partial charge in [0.2, 0.25) is 0 Å². The third-order valence-corrected chi connectivity index (χ3v) is 4.15. The first-order valence-corrected chi connectivity index (χ1v) is 8.91. The molecular formula is C22H27N5. The SMILES string of the molecule is C=C=C(c1cccc(NC(=C)Nc2cccc(C(=N)N)c2)c1)N(CC)CC. The Labute approximate surface area is 161 Å². The molecule has 0 aliphatic carbocycles. The molecular weight excluding hydrogens is 334 g/mol. The lowest BCUT2D eigenvalue weighted by Crippen LogP contribution is -2.20. The second-order valence-corrected chi connectivity index (χ2v) is 6.00. The van der Waals surface area contributed by atoms with E-state index in [0.29, 0.717) is 11.4 Å². The highest BCUT2D eigenvalue weighted by atomic mass is 15.1. The molecule has 0 aromatic heterocycles. The fraction of sp³-hybridized carbons (Fsp3) is 0.182. The van der Waals surface area contributed by atoms with E-state index in [0.717, 1.165) is 35.7 Å². The molecule has 140 valence electrons. The van der Waals surface area contributed by atoms with Crippen LogP contribution >= 0.6 is 0 Å². The molecule has 0 fully saturated rings. The van der Waals surface area contributed by atoms with Crippen LogP contribution in [0.3, 0.4) is 0 Å². The maximum absolute atomic E-state index is 7.54. The van der Waals surface area contributed by atoms with Gasteiger partial charge in [0.15, 0.2) is 0 Å². The third-order valence-electron chi connectivity index (χ3n) is 4.15. The Morgan fingerprint density at radius 3 is 2.04 bits per heavy atom. The topological polar surface area (TPSA) is 77.2 Å². The lowest BCUT2D eigenvalue weighted by molar-refractivity contribution is 0.442. The molecule has 2 aromatic rings. The Bertz CT molecular complexity index is 874. The van der Waals surface area contributed by atoms with Gasteiger partial charge in [-0.1, -0.05) is 37.4 Å². The van der Waals surface area contributed by atoms with E-state index in [-0.39, 0.29) is 5.84 Å². The first-order valence-electron chi connectivity index (χ1n) is 8.91. The molecule has 0 aliphatic heterocycles. The summed E-state index contributed by atoms with van der Waals surface area (Å²) in [6, 6.07) is 15.4. The van der Waals surface area contributed by atoms with Gasteiger partial charge in [0.05, 0.1) is 5.70 Å². The fourth-order valence-electron chi connectivity index (χ4n) is 2.82. The molecule has 0 radical (unpaired) electrons. The Hall–Kier alpha value is -3.43. The minimum atomic E-state index is 0.0325. The molecule has 0 unspecified atom stereocenters. The van der Waals surface area contributed by atoms with Crippen molar-refractivity contribution in [2.24, 2.45) is 5.73 Å². The summed E-state index contributed by atoms with van der Waals surface area (Å²) in [6.07, 6.45) is 0. The lowest BCUT2D eigenvalue weighted by atomic mass is 10.1. The van der Waals surface area contributed by atoms with Crippen molar-refractivity contribution in [1.29, 1.82) is 5.41 Å². The molecule has 27 heavy (non-hydrogen) atoms. The zero-order valence-corrected chi connectivity index (χ0v) is 16.0. The van der Waals surface area contributed by atoms with Crippen LogP contribution in [-0.4, -0.2) is 23.8 Å². The number of nitrogens with two attached hydrogens (primary N) is 1. The van der Waals surface area contributed by atoms with Gasteiger partial charge in [0.25, 0.3) is 0 Å². The largest absolute Gasteiger partial charge is 0.384 e. The Balaban J connectivity index is 2.14. The van der Waals surface area contributed by atoms with E-state index in [1.807, 2.05) is 42.5 Å². The molecule has 5 heteroatoms. The number of hydrogen-bond donors (Lipinski definition) is 4. The van der Waals surface area contributed by atoms with Gasteiger partial charge < -0.3 is 21.3 Å². The number of rotatable bonds is 9. The van der Waals surface area contributed by atoms with E-state index < -0.39 is 0 Å². The van der Waals surface area contributed by atoms with E-state index >= 15 is 0 Å². The minimum Gasteiger partial charge on any atom is -0.384 e. The van der Waals surface area contributed by atoms with Crippen LogP contribution in [0.25, 0.3) is 5.70 Å². The second kappa shape index (κ2) is 9.32. The number of amidine groups is 1. The average Bonchev–Trinajstić information content (AvgIpc) is 2.66. The summed E-state index contributed by atoms with van der Waals surface area (Å²) in [5.41, 5.74) is 13.0. The molecule has 0 bridgehead atoms. The van der Waals surface area contributed by atoms with Crippen LogP contribution in [0, 0.1) is 5.41 Å². The average molecular weight is 361 g/mol. The number of benzene rings is 2. The van der Waals surface area contributed by atoms with Crippen molar-refractivity contribution in [2.75, 3.05) is 23.7 Å². The Kier molecular flexibility index (Phi) is 6.86. The van der Waals surface area contributed by atoms with E-state index in [1.54, 1.807) is 6.07 Å². The number of anilines is 2. The predicted molar refractivity (Wildman–Crippen MR) is 116 cm³/mol. The normalized spacial score (nSPS) is 9.85. The molecule has 0 aliphatic rings. The highest BCUT2D eigenvalue weighted by Crippen LogP contribution is 2.22. The first kappa shape index (κ1) is 19.9. The Morgan fingerprint density at radius 2 is 1.56 bits per heavy atom. The summed E-state index contributed by atoms with van der Waals surface area (Å²) in [5, 5.41) is 14.0. The zero-order chi connectivity index (χ0) is 19.8. The van der Waals surface area contributed by atoms with E-state index in [9.17, 15) is 0 Å². The quantitative estimate of drug-likeness (QED) is 0.303. The van der Waals surface area contributed by atoms with Crippen molar-refractivity contribution in [3.05, 3.63) is 84.4 Å². The fourth-order valence-corrected chi connectivity index (χ4v) is 2.82. The summed E-state index contributed by atoms with van der Waals surface area (Å²) in [7, 11) is 0. The molecule has 2 rings (SSSR count). The van der Waals surface area contributed by atoms with Crippen molar-refractivity contribution in [1.82, 2.24) is 4.90 Å². The molecule has 0 saturated heterocycles. The molecule has 0 atom stereocenters. The van der Waals surface area contributed by atoms with Crippen LogP contribution in [0.1, 0.15) is 25.0 Å². The first-order chi connectivity index (χ1) is 13.0. The number of hydrogen-bond acceptors (Lipinski definition) is 4. The Morgan fingerprint density at radius 1 is 1.04 bits per heavy atom. The van der Waals surface area contributed by atoms with Gasteiger partial charge in [0.1, 0.15) is 11.7 Å². The maximum atomic E-state index is 7.54. The summed E-state index contributed by atoms with van der Waals surface area (Å²) >= 11 is 0. The van der Waals surface area contributed by atoms with Crippen molar-refractivity contribution < 1.29 is 0 Å². The number of nitrogen functional groups attached to an aromatic ring is 1.